The highest BCUT2D eigenvalue weighted by molar-refractivity contribution is 5.97. The molecule has 0 bridgehead atoms. The monoisotopic (exact) mass is 817 g/mol. The molecule has 6 amide bonds. The Morgan fingerprint density at radius 2 is 1.50 bits per heavy atom. The lowest BCUT2D eigenvalue weighted by atomic mass is 10.0. The number of aromatic nitrogens is 1. The number of carbonyl (C=O) groups excluding carboxylic acids is 6. The number of hydrogen-bond acceptors (Lipinski definition) is 12. The number of H-pyrrole nitrogens is 1. The summed E-state index contributed by atoms with van der Waals surface area (Å²) >= 11 is 0. The third-order valence-corrected chi connectivity index (χ3v) is 9.19. The molecule has 6 atom stereocenters. The predicted molar refractivity (Wildman–Crippen MR) is 204 cm³/mol. The van der Waals surface area contributed by atoms with Crippen molar-refractivity contribution in [2.24, 2.45) is 22.2 Å². The summed E-state index contributed by atoms with van der Waals surface area (Å²) in [5.74, 6) is -7.96. The SMILES string of the molecule is NC(N)=NCCC[C@H](NC(=O)[C@H](CO)NC(=O)CNC(=O)[C@@H]1CCCN1C(=O)[C@H](Cc1c[nH]c2ccccc12)NC(=O)[C@H](CO)NC(=O)[C@@H](N)CCC(=O)O)C(=O)O. The summed E-state index contributed by atoms with van der Waals surface area (Å²) in [6.07, 6.45) is 1.59. The van der Waals surface area contributed by atoms with Crippen LogP contribution in [-0.4, -0.2) is 153 Å². The molecule has 2 heterocycles. The molecule has 23 heteroatoms. The van der Waals surface area contributed by atoms with E-state index >= 15 is 0 Å². The maximum atomic E-state index is 14.2. The fourth-order valence-electron chi connectivity index (χ4n) is 6.14. The number of amides is 6. The first-order valence-electron chi connectivity index (χ1n) is 18.4. The van der Waals surface area contributed by atoms with Crippen molar-refractivity contribution in [2.75, 3.05) is 32.8 Å². The van der Waals surface area contributed by atoms with Crippen LogP contribution in [0.15, 0.2) is 35.5 Å². The maximum absolute atomic E-state index is 14.2. The molecule has 16 N–H and O–H groups in total. The molecular formula is C35H51N11O12. The molecule has 23 nitrogen and oxygen atoms in total. The van der Waals surface area contributed by atoms with E-state index in [0.29, 0.717) is 12.0 Å². The third kappa shape index (κ3) is 13.7. The molecule has 58 heavy (non-hydrogen) atoms. The number of carboxylic acids is 2. The van der Waals surface area contributed by atoms with Crippen molar-refractivity contribution in [1.29, 1.82) is 0 Å². The Labute approximate surface area is 331 Å². The van der Waals surface area contributed by atoms with Crippen molar-refractivity contribution in [3.05, 3.63) is 36.0 Å². The molecule has 1 aliphatic rings. The zero-order valence-electron chi connectivity index (χ0n) is 31.5. The van der Waals surface area contributed by atoms with Gasteiger partial charge in [0.25, 0.3) is 0 Å². The first-order chi connectivity index (χ1) is 27.6. The first-order valence-corrected chi connectivity index (χ1v) is 18.4. The number of aliphatic carboxylic acids is 2. The van der Waals surface area contributed by atoms with Gasteiger partial charge in [0.15, 0.2) is 5.96 Å². The van der Waals surface area contributed by atoms with E-state index < -0.39 is 110 Å². The molecule has 1 aromatic heterocycles. The van der Waals surface area contributed by atoms with Crippen LogP contribution in [0.5, 0.6) is 0 Å². The molecule has 2 aromatic rings. The van der Waals surface area contributed by atoms with Gasteiger partial charge in [-0.2, -0.15) is 0 Å². The van der Waals surface area contributed by atoms with E-state index in [4.69, 9.17) is 22.3 Å². The van der Waals surface area contributed by atoms with Gasteiger partial charge in [-0.1, -0.05) is 18.2 Å². The maximum Gasteiger partial charge on any atom is 0.326 e. The fraction of sp³-hybridized carbons (Fsp3) is 0.514. The Hall–Kier alpha value is -6.33. The molecular weight excluding hydrogens is 766 g/mol. The highest BCUT2D eigenvalue weighted by Gasteiger charge is 2.39. The van der Waals surface area contributed by atoms with Gasteiger partial charge in [-0.15, -0.1) is 0 Å². The molecule has 3 rings (SSSR count). The van der Waals surface area contributed by atoms with Crippen LogP contribution in [0.1, 0.15) is 44.1 Å². The first kappa shape index (κ1) is 46.1. The van der Waals surface area contributed by atoms with Gasteiger partial charge in [0.05, 0.1) is 25.8 Å². The Bertz CT molecular complexity index is 1830. The lowest BCUT2D eigenvalue weighted by molar-refractivity contribution is -0.143. The van der Waals surface area contributed by atoms with E-state index in [1.54, 1.807) is 30.5 Å². The molecule has 1 fully saturated rings. The van der Waals surface area contributed by atoms with Crippen LogP contribution in [0, 0.1) is 0 Å². The van der Waals surface area contributed by atoms with Gasteiger partial charge in [0.2, 0.25) is 35.4 Å². The van der Waals surface area contributed by atoms with Gasteiger partial charge in [0.1, 0.15) is 30.2 Å². The second-order valence-corrected chi connectivity index (χ2v) is 13.5. The van der Waals surface area contributed by atoms with E-state index in [9.17, 15) is 53.7 Å². The van der Waals surface area contributed by atoms with Crippen LogP contribution < -0.4 is 43.8 Å². The summed E-state index contributed by atoms with van der Waals surface area (Å²) in [7, 11) is 0. The van der Waals surface area contributed by atoms with Crippen LogP contribution in [0.25, 0.3) is 10.9 Å². The van der Waals surface area contributed by atoms with Gasteiger partial charge in [-0.05, 0) is 43.7 Å². The van der Waals surface area contributed by atoms with Gasteiger partial charge in [-0.3, -0.25) is 38.6 Å². The third-order valence-electron chi connectivity index (χ3n) is 9.19. The Morgan fingerprint density at radius 1 is 0.862 bits per heavy atom. The highest BCUT2D eigenvalue weighted by Crippen LogP contribution is 2.23. The Morgan fingerprint density at radius 3 is 2.14 bits per heavy atom. The number of carbonyl (C=O) groups is 8. The highest BCUT2D eigenvalue weighted by atomic mass is 16.4. The van der Waals surface area contributed by atoms with Crippen LogP contribution >= 0.6 is 0 Å². The van der Waals surface area contributed by atoms with Gasteiger partial charge < -0.3 is 74.1 Å². The lowest BCUT2D eigenvalue weighted by Gasteiger charge is -2.30. The number of aromatic amines is 1. The normalized spacial score (nSPS) is 16.2. The fourth-order valence-corrected chi connectivity index (χ4v) is 6.14. The number of hydrogen-bond donors (Lipinski definition) is 13. The average Bonchev–Trinajstić information content (AvgIpc) is 3.85. The van der Waals surface area contributed by atoms with Crippen molar-refractivity contribution in [3.8, 4) is 0 Å². The summed E-state index contributed by atoms with van der Waals surface area (Å²) < 4.78 is 0. The number of rotatable bonds is 23. The summed E-state index contributed by atoms with van der Waals surface area (Å²) in [5, 5.41) is 50.5. The Balaban J connectivity index is 1.69. The number of fused-ring (bicyclic) bond motifs is 1. The number of guanidine groups is 1. The van der Waals surface area contributed by atoms with Crippen LogP contribution in [0.2, 0.25) is 0 Å². The standard InChI is InChI=1S/C35H51N11O12/c36-20(9-10-28(50)51)29(52)45-25(17-48)31(54)44-23(13-18-14-40-21-6-2-1-5-19(18)21)33(56)46-12-4-8-26(46)32(55)41-15-27(49)42-24(16-47)30(53)43-22(34(57)58)7-3-11-39-35(37)38/h1-2,5-6,14,20,22-26,40,47-48H,3-4,7-13,15-17,36H2,(H,41,55)(H,42,49)(H,43,53)(H,44,54)(H,45,52)(H,50,51)(H,57,58)(H4,37,38,39)/t20-,22-,23-,24-,25-,26-/m0/s1. The number of aliphatic imine (C=N–C) groups is 1. The van der Waals surface area contributed by atoms with E-state index in [0.717, 1.165) is 10.9 Å². The molecule has 0 saturated carbocycles. The topological polar surface area (TPSA) is 387 Å². The molecule has 318 valence electrons. The van der Waals surface area contributed by atoms with Crippen molar-refractivity contribution >= 4 is 64.2 Å². The number of para-hydroxylation sites is 1. The van der Waals surface area contributed by atoms with Crippen molar-refractivity contribution < 1.29 is 58.8 Å². The molecule has 1 aliphatic heterocycles. The second-order valence-electron chi connectivity index (χ2n) is 13.5. The number of likely N-dealkylation sites (tertiary alicyclic amines) is 1. The molecule has 1 saturated heterocycles. The lowest BCUT2D eigenvalue weighted by Crippen LogP contribution is -2.59. The number of carboxylic acid groups (broad SMARTS) is 2. The van der Waals surface area contributed by atoms with Crippen molar-refractivity contribution in [2.45, 2.75) is 81.2 Å². The van der Waals surface area contributed by atoms with Crippen LogP contribution in [0.4, 0.5) is 0 Å². The van der Waals surface area contributed by atoms with Crippen LogP contribution in [-0.2, 0) is 44.8 Å². The van der Waals surface area contributed by atoms with Gasteiger partial charge in [-0.25, -0.2) is 4.79 Å². The molecule has 0 unspecified atom stereocenters. The summed E-state index contributed by atoms with van der Waals surface area (Å²) in [6.45, 7) is -2.30. The number of nitrogens with two attached hydrogens (primary N) is 3. The number of aliphatic hydroxyl groups is 2. The minimum Gasteiger partial charge on any atom is -0.481 e. The van der Waals surface area contributed by atoms with Crippen molar-refractivity contribution in [1.82, 2.24) is 36.5 Å². The zero-order chi connectivity index (χ0) is 42.9. The largest absolute Gasteiger partial charge is 0.481 e. The predicted octanol–water partition coefficient (Wildman–Crippen LogP) is -4.93. The van der Waals surface area contributed by atoms with Gasteiger partial charge in [0, 0.05) is 43.0 Å². The molecule has 1 aromatic carbocycles. The summed E-state index contributed by atoms with van der Waals surface area (Å²) in [5.41, 5.74) is 17.6. The number of aliphatic hydroxyl groups excluding tert-OH is 2. The van der Waals surface area contributed by atoms with E-state index in [1.807, 2.05) is 0 Å². The number of nitrogens with zero attached hydrogens (tertiary/aromatic N) is 2. The van der Waals surface area contributed by atoms with Crippen LogP contribution in [0.3, 0.4) is 0 Å². The van der Waals surface area contributed by atoms with Crippen molar-refractivity contribution in [3.63, 3.8) is 0 Å². The molecule has 0 aliphatic carbocycles. The Kier molecular flexibility index (Phi) is 17.8. The van der Waals surface area contributed by atoms with Gasteiger partial charge >= 0.3 is 11.9 Å². The van der Waals surface area contributed by atoms with E-state index in [2.05, 4.69) is 36.6 Å². The van der Waals surface area contributed by atoms with E-state index in [-0.39, 0.29) is 51.2 Å². The average molecular weight is 818 g/mol. The minimum atomic E-state index is -1.58. The smallest absolute Gasteiger partial charge is 0.326 e. The number of nitrogens with one attached hydrogen (secondary N) is 6. The summed E-state index contributed by atoms with van der Waals surface area (Å²) in [6, 6.07) is -1.10. The number of benzene rings is 1. The summed E-state index contributed by atoms with van der Waals surface area (Å²) in [4.78, 5) is 110. The second kappa shape index (κ2) is 22.4. The quantitative estimate of drug-likeness (QED) is 0.0284. The van der Waals surface area contributed by atoms with E-state index in [1.165, 1.54) is 4.90 Å². The molecule has 0 radical (unpaired) electrons. The minimum absolute atomic E-state index is 0.0631. The zero-order valence-corrected chi connectivity index (χ0v) is 31.5. The molecule has 0 spiro atoms.